The van der Waals surface area contributed by atoms with Gasteiger partial charge in [-0.2, -0.15) is 0 Å². The summed E-state index contributed by atoms with van der Waals surface area (Å²) in [5, 5.41) is 0. The molecule has 0 N–H and O–H groups in total. The molecule has 0 bridgehead atoms. The first-order valence-electron chi connectivity index (χ1n) is 16.7. The average molecular weight is 856 g/mol. The van der Waals surface area contributed by atoms with Crippen LogP contribution in [0.1, 0.15) is 59.0 Å². The SMILES string of the molecule is C=C[SiH](C)[Zr+]([CH]1C=Cc2ccccc21)[CH]1C=Cc2ccccc21.C=C[SiH](C)[Zr+]([CH]1C=Cc2ccccc21)[CH]1C=Cc2ccccc21.[Cl-].[Cl-]. The van der Waals surface area contributed by atoms with Gasteiger partial charge in [0.25, 0.3) is 0 Å². The second-order valence-electron chi connectivity index (χ2n) is 12.9. The zero-order valence-electron chi connectivity index (χ0n) is 27.6. The van der Waals surface area contributed by atoms with Gasteiger partial charge in [-0.05, 0) is 0 Å². The summed E-state index contributed by atoms with van der Waals surface area (Å²) < 4.78 is 2.87. The molecule has 4 aliphatic rings. The van der Waals surface area contributed by atoms with Crippen molar-refractivity contribution in [1.29, 1.82) is 0 Å². The number of benzene rings is 4. The van der Waals surface area contributed by atoms with Crippen molar-refractivity contribution >= 4 is 36.2 Å². The molecule has 48 heavy (non-hydrogen) atoms. The molecule has 0 saturated heterocycles. The molecule has 0 heterocycles. The summed E-state index contributed by atoms with van der Waals surface area (Å²) in [4.78, 5) is 0. The van der Waals surface area contributed by atoms with E-state index < -0.39 is 53.7 Å². The van der Waals surface area contributed by atoms with Crippen molar-refractivity contribution < 1.29 is 66.6 Å². The molecule has 0 radical (unpaired) electrons. The molecule has 6 heteroatoms. The quantitative estimate of drug-likeness (QED) is 0.230. The normalized spacial score (nSPS) is 20.9. The van der Waals surface area contributed by atoms with Crippen molar-refractivity contribution in [2.24, 2.45) is 0 Å². The maximum Gasteiger partial charge on any atom is -1.00 e. The third-order valence-electron chi connectivity index (χ3n) is 10.4. The van der Waals surface area contributed by atoms with E-state index in [0.29, 0.717) is 14.5 Å². The molecule has 4 aliphatic carbocycles. The van der Waals surface area contributed by atoms with Gasteiger partial charge in [-0.25, -0.2) is 0 Å². The van der Waals surface area contributed by atoms with E-state index in [2.05, 4.69) is 183 Å². The van der Waals surface area contributed by atoms with Crippen LogP contribution in [-0.2, 0) is 41.8 Å². The van der Waals surface area contributed by atoms with Crippen LogP contribution in [0.15, 0.2) is 146 Å². The fraction of sp³-hybridized carbons (Fsp3) is 0.143. The monoisotopic (exact) mass is 852 g/mol. The Morgan fingerprint density at radius 3 is 0.896 bits per heavy atom. The van der Waals surface area contributed by atoms with E-state index in [0.717, 1.165) is 0 Å². The average Bonchev–Trinajstić information content (AvgIpc) is 3.92. The first-order valence-corrected chi connectivity index (χ1v) is 35.6. The van der Waals surface area contributed by atoms with E-state index in [-0.39, 0.29) is 24.8 Å². The van der Waals surface area contributed by atoms with Crippen LogP contribution in [0.5, 0.6) is 0 Å². The van der Waals surface area contributed by atoms with Crippen LogP contribution in [-0.4, -0.2) is 11.8 Å². The minimum absolute atomic E-state index is 0. The standard InChI is InChI=1S/4C9H7.2C3H7Si.2ClH.2Zr/c4*1-2-5-9-7-3-6-8(9)4-1;2*1-3-4-2;;;;/h4*1-7H;2*3-4H,1H2,2H3;2*1H;;/q;;;;;;;;2*+1/p-2. The second kappa shape index (κ2) is 16.9. The van der Waals surface area contributed by atoms with Crippen LogP contribution in [0, 0.1) is 0 Å². The van der Waals surface area contributed by atoms with Gasteiger partial charge in [-0.3, -0.25) is 0 Å². The Labute approximate surface area is 317 Å². The van der Waals surface area contributed by atoms with Crippen molar-refractivity contribution in [3.05, 3.63) is 190 Å². The number of halogens is 2. The molecule has 4 aromatic carbocycles. The summed E-state index contributed by atoms with van der Waals surface area (Å²) in [7, 11) is 0. The third kappa shape index (κ3) is 7.28. The van der Waals surface area contributed by atoms with Crippen LogP contribution in [0.25, 0.3) is 24.3 Å². The summed E-state index contributed by atoms with van der Waals surface area (Å²) >= 11 is -3.54. The van der Waals surface area contributed by atoms with E-state index in [9.17, 15) is 0 Å². The summed E-state index contributed by atoms with van der Waals surface area (Å²) in [5.41, 5.74) is 16.8. The smallest absolute Gasteiger partial charge is 1.00 e. The molecule has 8 rings (SSSR count). The maximum absolute atomic E-state index is 4.20. The minimum Gasteiger partial charge on any atom is -1.00 e. The predicted octanol–water partition coefficient (Wildman–Crippen LogP) is 4.45. The molecule has 240 valence electrons. The van der Waals surface area contributed by atoms with Gasteiger partial charge in [0.1, 0.15) is 0 Å². The largest absolute Gasteiger partial charge is 1.00 e. The Morgan fingerprint density at radius 1 is 0.438 bits per heavy atom. The van der Waals surface area contributed by atoms with Gasteiger partial charge in [0.05, 0.1) is 0 Å². The van der Waals surface area contributed by atoms with Gasteiger partial charge in [-0.15, -0.1) is 0 Å². The van der Waals surface area contributed by atoms with Gasteiger partial charge >= 0.3 is 296 Å². The van der Waals surface area contributed by atoms with Gasteiger partial charge in [-0.1, -0.05) is 0 Å². The molecule has 0 fully saturated rings. The van der Waals surface area contributed by atoms with Crippen molar-refractivity contribution in [3.63, 3.8) is 0 Å². The summed E-state index contributed by atoms with van der Waals surface area (Å²) in [5.74, 6) is -1.72. The summed E-state index contributed by atoms with van der Waals surface area (Å²) in [6, 6.07) is 36.0. The Kier molecular flexibility index (Phi) is 13.1. The molecule has 6 atom stereocenters. The van der Waals surface area contributed by atoms with Crippen molar-refractivity contribution in [3.8, 4) is 0 Å². The molecule has 4 aromatic rings. The topological polar surface area (TPSA) is 0 Å². The molecule has 6 unspecified atom stereocenters. The van der Waals surface area contributed by atoms with Gasteiger partial charge in [0.15, 0.2) is 0 Å². The van der Waals surface area contributed by atoms with E-state index in [1.807, 2.05) is 0 Å². The number of hydrogen-bond acceptors (Lipinski definition) is 0. The Morgan fingerprint density at radius 2 is 0.667 bits per heavy atom. The minimum atomic E-state index is -1.77. The van der Waals surface area contributed by atoms with E-state index in [1.54, 1.807) is 22.3 Å². The Bertz CT molecular complexity index is 1640. The zero-order valence-corrected chi connectivity index (χ0v) is 36.4. The molecule has 0 spiro atoms. The Hall–Kier alpha value is -1.90. The van der Waals surface area contributed by atoms with Gasteiger partial charge in [0, 0.05) is 0 Å². The molecule has 0 aliphatic heterocycles. The van der Waals surface area contributed by atoms with Crippen LogP contribution >= 0.6 is 0 Å². The first kappa shape index (κ1) is 37.4. The van der Waals surface area contributed by atoms with Crippen LogP contribution in [0.3, 0.4) is 0 Å². The fourth-order valence-electron chi connectivity index (χ4n) is 7.95. The van der Waals surface area contributed by atoms with Crippen LogP contribution in [0.2, 0.25) is 13.1 Å². The van der Waals surface area contributed by atoms with E-state index in [1.165, 1.54) is 22.3 Å². The number of rotatable bonds is 8. The molecule has 0 nitrogen and oxygen atoms in total. The van der Waals surface area contributed by atoms with E-state index in [4.69, 9.17) is 0 Å². The van der Waals surface area contributed by atoms with E-state index >= 15 is 0 Å². The Balaban J connectivity index is 0.000000180. The molecular formula is C42H42Cl2Si2Zr2. The van der Waals surface area contributed by atoms with Gasteiger partial charge < -0.3 is 24.8 Å². The molecule has 0 aromatic heterocycles. The molecule has 0 saturated carbocycles. The van der Waals surface area contributed by atoms with Crippen LogP contribution < -0.4 is 24.8 Å². The zero-order chi connectivity index (χ0) is 31.6. The predicted molar refractivity (Wildman–Crippen MR) is 199 cm³/mol. The van der Waals surface area contributed by atoms with Crippen LogP contribution in [0.4, 0.5) is 0 Å². The summed E-state index contributed by atoms with van der Waals surface area (Å²) in [6.07, 6.45) is 19.5. The van der Waals surface area contributed by atoms with Crippen molar-refractivity contribution in [2.45, 2.75) is 27.6 Å². The summed E-state index contributed by atoms with van der Waals surface area (Å²) in [6.45, 7) is 13.5. The van der Waals surface area contributed by atoms with Gasteiger partial charge in [0.2, 0.25) is 0 Å². The van der Waals surface area contributed by atoms with Crippen molar-refractivity contribution in [1.82, 2.24) is 0 Å². The first-order chi connectivity index (χ1) is 22.6. The molecular weight excluding hydrogens is 814 g/mol. The third-order valence-corrected chi connectivity index (χ3v) is 53.4. The number of hydrogen-bond donors (Lipinski definition) is 0. The fourth-order valence-corrected chi connectivity index (χ4v) is 49.5. The number of fused-ring (bicyclic) bond motifs is 4. The second-order valence-corrected chi connectivity index (χ2v) is 49.4. The maximum atomic E-state index is 4.20. The van der Waals surface area contributed by atoms with Crippen molar-refractivity contribution in [2.75, 3.05) is 0 Å². The molecule has 0 amide bonds. The number of allylic oxidation sites excluding steroid dienone is 4.